The number of anilines is 2. The number of hydrogen-bond acceptors (Lipinski definition) is 6. The maximum Gasteiger partial charge on any atom is 0.337 e. The molecule has 1 saturated heterocycles. The highest BCUT2D eigenvalue weighted by Crippen LogP contribution is 2.28. The normalized spacial score (nSPS) is 14.6. The zero-order valence-electron chi connectivity index (χ0n) is 19.8. The molecule has 3 N–H and O–H groups in total. The number of benzene rings is 2. The van der Waals surface area contributed by atoms with Gasteiger partial charge in [-0.2, -0.15) is 0 Å². The molecule has 9 nitrogen and oxygen atoms in total. The Hall–Kier alpha value is -3.11. The molecule has 3 rings (SSSR count). The van der Waals surface area contributed by atoms with E-state index in [1.807, 2.05) is 29.7 Å². The van der Waals surface area contributed by atoms with Crippen molar-refractivity contribution in [2.24, 2.45) is 0 Å². The standard InChI is InChI=1S/C24H32N4O5S/c1-4-9-25-23(29)16-27-10-12-28(13-11-27)21-8-7-19(15-20(21)24(30)31)26-34(32,33)22-14-17(2)5-6-18(22)3/h5-8,14-15,26H,4,9-13,16H2,1-3H3,(H,25,29)(H,30,31). The van der Waals surface area contributed by atoms with Crippen molar-refractivity contribution in [3.8, 4) is 0 Å². The Kier molecular flexibility index (Phi) is 8.16. The van der Waals surface area contributed by atoms with E-state index in [1.54, 1.807) is 31.2 Å². The van der Waals surface area contributed by atoms with Gasteiger partial charge in [0.05, 0.1) is 22.7 Å². The summed E-state index contributed by atoms with van der Waals surface area (Å²) in [7, 11) is -3.87. The van der Waals surface area contributed by atoms with Crippen LogP contribution in [0.3, 0.4) is 0 Å². The molecule has 34 heavy (non-hydrogen) atoms. The summed E-state index contributed by atoms with van der Waals surface area (Å²) >= 11 is 0. The average Bonchev–Trinajstić information content (AvgIpc) is 2.79. The molecule has 2 aromatic rings. The highest BCUT2D eigenvalue weighted by atomic mass is 32.2. The summed E-state index contributed by atoms with van der Waals surface area (Å²) in [6, 6.07) is 9.73. The maximum absolute atomic E-state index is 12.9. The Bertz CT molecular complexity index is 1160. The molecule has 0 aromatic heterocycles. The lowest BCUT2D eigenvalue weighted by molar-refractivity contribution is -0.122. The Morgan fingerprint density at radius 3 is 2.38 bits per heavy atom. The van der Waals surface area contributed by atoms with Crippen molar-refractivity contribution < 1.29 is 23.1 Å². The minimum absolute atomic E-state index is 0.0120. The number of aromatic carboxylic acids is 1. The van der Waals surface area contributed by atoms with Crippen molar-refractivity contribution in [3.05, 3.63) is 53.1 Å². The van der Waals surface area contributed by atoms with Gasteiger partial charge in [0.2, 0.25) is 5.91 Å². The first-order valence-electron chi connectivity index (χ1n) is 11.3. The molecule has 0 radical (unpaired) electrons. The smallest absolute Gasteiger partial charge is 0.337 e. The summed E-state index contributed by atoms with van der Waals surface area (Å²) in [5.74, 6) is -1.15. The minimum atomic E-state index is -3.87. The minimum Gasteiger partial charge on any atom is -0.478 e. The highest BCUT2D eigenvalue weighted by molar-refractivity contribution is 7.92. The van der Waals surface area contributed by atoms with Gasteiger partial charge in [-0.1, -0.05) is 19.1 Å². The molecule has 10 heteroatoms. The molecule has 0 saturated carbocycles. The molecule has 0 spiro atoms. The second-order valence-electron chi connectivity index (χ2n) is 8.52. The number of carbonyl (C=O) groups is 2. The first kappa shape index (κ1) is 25.5. The van der Waals surface area contributed by atoms with Crippen LogP contribution in [-0.4, -0.2) is 69.6 Å². The molecule has 1 fully saturated rings. The lowest BCUT2D eigenvalue weighted by Gasteiger charge is -2.36. The molecule has 1 aliphatic rings. The van der Waals surface area contributed by atoms with Gasteiger partial charge in [-0.25, -0.2) is 13.2 Å². The third kappa shape index (κ3) is 6.27. The third-order valence-corrected chi connectivity index (χ3v) is 7.29. The first-order valence-corrected chi connectivity index (χ1v) is 12.8. The molecule has 0 unspecified atom stereocenters. The van der Waals surface area contributed by atoms with E-state index < -0.39 is 16.0 Å². The Morgan fingerprint density at radius 2 is 1.74 bits per heavy atom. The maximum atomic E-state index is 12.9. The van der Waals surface area contributed by atoms with Crippen LogP contribution in [0.25, 0.3) is 0 Å². The average molecular weight is 489 g/mol. The second kappa shape index (κ2) is 10.9. The van der Waals surface area contributed by atoms with Gasteiger partial charge in [-0.05, 0) is 55.7 Å². The van der Waals surface area contributed by atoms with Crippen LogP contribution in [-0.2, 0) is 14.8 Å². The molecule has 2 aromatic carbocycles. The summed E-state index contributed by atoms with van der Waals surface area (Å²) in [5, 5.41) is 12.7. The van der Waals surface area contributed by atoms with Gasteiger partial charge in [0.15, 0.2) is 0 Å². The van der Waals surface area contributed by atoms with Gasteiger partial charge in [-0.3, -0.25) is 14.4 Å². The molecule has 0 atom stereocenters. The van der Waals surface area contributed by atoms with Crippen molar-refractivity contribution in [2.45, 2.75) is 32.1 Å². The monoisotopic (exact) mass is 488 g/mol. The van der Waals surface area contributed by atoms with Crippen molar-refractivity contribution in [2.75, 3.05) is 48.9 Å². The van der Waals surface area contributed by atoms with E-state index in [2.05, 4.69) is 10.0 Å². The van der Waals surface area contributed by atoms with Gasteiger partial charge in [-0.15, -0.1) is 0 Å². The number of nitrogens with one attached hydrogen (secondary N) is 2. The van der Waals surface area contributed by atoms with Crippen LogP contribution < -0.4 is 14.9 Å². The van der Waals surface area contributed by atoms with Gasteiger partial charge in [0.1, 0.15) is 0 Å². The lowest BCUT2D eigenvalue weighted by atomic mass is 10.1. The molecule has 1 amide bonds. The van der Waals surface area contributed by atoms with E-state index >= 15 is 0 Å². The molecule has 1 heterocycles. The van der Waals surface area contributed by atoms with E-state index in [-0.39, 0.29) is 22.1 Å². The van der Waals surface area contributed by atoms with Crippen LogP contribution in [0.4, 0.5) is 11.4 Å². The number of aryl methyl sites for hydroxylation is 2. The summed E-state index contributed by atoms with van der Waals surface area (Å²) in [5.41, 5.74) is 2.16. The summed E-state index contributed by atoms with van der Waals surface area (Å²) in [6.07, 6.45) is 0.883. The van der Waals surface area contributed by atoms with E-state index in [9.17, 15) is 23.1 Å². The van der Waals surface area contributed by atoms with Gasteiger partial charge < -0.3 is 15.3 Å². The number of amides is 1. The van der Waals surface area contributed by atoms with Crippen molar-refractivity contribution in [3.63, 3.8) is 0 Å². The fraction of sp³-hybridized carbons (Fsp3) is 0.417. The van der Waals surface area contributed by atoms with Crippen LogP contribution in [0.2, 0.25) is 0 Å². The van der Waals surface area contributed by atoms with Crippen LogP contribution in [0.15, 0.2) is 41.3 Å². The summed E-state index contributed by atoms with van der Waals surface area (Å²) in [4.78, 5) is 28.1. The SMILES string of the molecule is CCCNC(=O)CN1CCN(c2ccc(NS(=O)(=O)c3cc(C)ccc3C)cc2C(=O)O)CC1. The number of carbonyl (C=O) groups excluding carboxylic acids is 1. The lowest BCUT2D eigenvalue weighted by Crippen LogP contribution is -2.49. The largest absolute Gasteiger partial charge is 0.478 e. The van der Waals surface area contributed by atoms with Crippen LogP contribution in [0, 0.1) is 13.8 Å². The summed E-state index contributed by atoms with van der Waals surface area (Å²) < 4.78 is 28.4. The Labute approximate surface area is 200 Å². The number of rotatable bonds is 9. The summed E-state index contributed by atoms with van der Waals surface area (Å²) in [6.45, 7) is 8.88. The van der Waals surface area contributed by atoms with Crippen molar-refractivity contribution >= 4 is 33.3 Å². The molecule has 0 aliphatic carbocycles. The van der Waals surface area contributed by atoms with E-state index in [0.717, 1.165) is 12.0 Å². The molecular weight excluding hydrogens is 456 g/mol. The Morgan fingerprint density at radius 1 is 1.03 bits per heavy atom. The highest BCUT2D eigenvalue weighted by Gasteiger charge is 2.24. The topological polar surface area (TPSA) is 119 Å². The molecule has 0 bridgehead atoms. The predicted molar refractivity (Wildman–Crippen MR) is 132 cm³/mol. The van der Waals surface area contributed by atoms with Crippen molar-refractivity contribution in [1.29, 1.82) is 0 Å². The van der Waals surface area contributed by atoms with E-state index in [1.165, 1.54) is 6.07 Å². The van der Waals surface area contributed by atoms with Crippen LogP contribution in [0.5, 0.6) is 0 Å². The number of carboxylic acid groups (broad SMARTS) is 1. The number of nitrogens with zero attached hydrogens (tertiary/aromatic N) is 2. The zero-order valence-corrected chi connectivity index (χ0v) is 20.6. The Balaban J connectivity index is 1.74. The number of piperazine rings is 1. The van der Waals surface area contributed by atoms with Gasteiger partial charge >= 0.3 is 5.97 Å². The number of hydrogen-bond donors (Lipinski definition) is 3. The number of sulfonamides is 1. The number of carboxylic acids is 1. The third-order valence-electron chi connectivity index (χ3n) is 5.76. The van der Waals surface area contributed by atoms with Crippen molar-refractivity contribution in [1.82, 2.24) is 10.2 Å². The molecular formula is C24H32N4O5S. The van der Waals surface area contributed by atoms with Gasteiger partial charge in [0.25, 0.3) is 10.0 Å². The van der Waals surface area contributed by atoms with E-state index in [0.29, 0.717) is 50.5 Å². The van der Waals surface area contributed by atoms with Crippen LogP contribution in [0.1, 0.15) is 34.8 Å². The first-order chi connectivity index (χ1) is 16.1. The molecule has 184 valence electrons. The predicted octanol–water partition coefficient (Wildman–Crippen LogP) is 2.45. The second-order valence-corrected chi connectivity index (χ2v) is 10.2. The molecule has 1 aliphatic heterocycles. The van der Waals surface area contributed by atoms with Crippen LogP contribution >= 0.6 is 0 Å². The van der Waals surface area contributed by atoms with E-state index in [4.69, 9.17) is 0 Å². The fourth-order valence-electron chi connectivity index (χ4n) is 3.92. The quantitative estimate of drug-likeness (QED) is 0.496. The van der Waals surface area contributed by atoms with Gasteiger partial charge in [0, 0.05) is 38.4 Å². The fourth-order valence-corrected chi connectivity index (χ4v) is 5.30. The zero-order chi connectivity index (χ0) is 24.9.